The molecule has 0 bridgehead atoms. The Morgan fingerprint density at radius 3 is 2.90 bits per heavy atom. The molecule has 114 valence electrons. The first-order valence-electron chi connectivity index (χ1n) is 6.99. The molecule has 1 unspecified atom stereocenters. The zero-order valence-electron chi connectivity index (χ0n) is 11.7. The molecule has 7 heteroatoms. The van der Waals surface area contributed by atoms with Crippen LogP contribution in [-0.2, 0) is 6.42 Å². The van der Waals surface area contributed by atoms with Crippen molar-refractivity contribution in [2.45, 2.75) is 25.7 Å². The van der Waals surface area contributed by atoms with Crippen LogP contribution in [0, 0.1) is 5.92 Å². The maximum absolute atomic E-state index is 11.6. The number of nitrogens with one attached hydrogen (secondary N) is 2. The number of rotatable bonds is 6. The Morgan fingerprint density at radius 1 is 1.38 bits per heavy atom. The van der Waals surface area contributed by atoms with E-state index in [1.165, 1.54) is 16.7 Å². The molecule has 0 aromatic carbocycles. The molecule has 1 aliphatic carbocycles. The first-order valence-corrected chi connectivity index (χ1v) is 7.87. The van der Waals surface area contributed by atoms with Gasteiger partial charge in [-0.25, -0.2) is 14.6 Å². The highest BCUT2D eigenvalue weighted by Crippen LogP contribution is 2.16. The molecule has 1 aliphatic rings. The molecule has 0 saturated carbocycles. The normalized spacial score (nSPS) is 17.4. The molecular formula is C14H19N3O3S. The fourth-order valence-corrected chi connectivity index (χ4v) is 2.92. The van der Waals surface area contributed by atoms with Crippen LogP contribution in [0.3, 0.4) is 0 Å². The molecule has 0 aliphatic heterocycles. The van der Waals surface area contributed by atoms with Gasteiger partial charge in [0, 0.05) is 24.9 Å². The Balaban J connectivity index is 1.62. The minimum absolute atomic E-state index is 0.0600. The van der Waals surface area contributed by atoms with Crippen LogP contribution < -0.4 is 10.6 Å². The molecule has 2 amide bonds. The molecule has 21 heavy (non-hydrogen) atoms. The van der Waals surface area contributed by atoms with Crippen LogP contribution in [0.5, 0.6) is 0 Å². The van der Waals surface area contributed by atoms with Gasteiger partial charge in [0.2, 0.25) is 0 Å². The number of carbonyl (C=O) groups excluding carboxylic acids is 1. The van der Waals surface area contributed by atoms with Crippen LogP contribution in [0.2, 0.25) is 0 Å². The minimum Gasteiger partial charge on any atom is -0.476 e. The Morgan fingerprint density at radius 2 is 2.24 bits per heavy atom. The molecule has 0 saturated heterocycles. The van der Waals surface area contributed by atoms with Gasteiger partial charge in [0.1, 0.15) is 0 Å². The number of nitrogens with zero attached hydrogens (tertiary/aromatic N) is 1. The largest absolute Gasteiger partial charge is 0.476 e. The van der Waals surface area contributed by atoms with Crippen molar-refractivity contribution in [3.63, 3.8) is 0 Å². The Kier molecular flexibility index (Phi) is 5.74. The summed E-state index contributed by atoms with van der Waals surface area (Å²) in [6, 6.07) is -0.181. The van der Waals surface area contributed by atoms with E-state index in [0.29, 0.717) is 30.4 Å². The zero-order chi connectivity index (χ0) is 15.1. The third kappa shape index (κ3) is 5.18. The summed E-state index contributed by atoms with van der Waals surface area (Å²) < 4.78 is 0. The van der Waals surface area contributed by atoms with Gasteiger partial charge < -0.3 is 15.7 Å². The number of carbonyl (C=O) groups is 2. The van der Waals surface area contributed by atoms with E-state index >= 15 is 0 Å². The summed E-state index contributed by atoms with van der Waals surface area (Å²) in [5, 5.41) is 16.6. The average molecular weight is 309 g/mol. The van der Waals surface area contributed by atoms with Gasteiger partial charge in [-0.3, -0.25) is 0 Å². The number of carboxylic acids is 1. The second-order valence-electron chi connectivity index (χ2n) is 4.97. The second-order valence-corrected chi connectivity index (χ2v) is 5.91. The predicted octanol–water partition coefficient (Wildman–Crippen LogP) is 2.04. The van der Waals surface area contributed by atoms with Gasteiger partial charge in [-0.05, 0) is 25.2 Å². The molecule has 0 fully saturated rings. The quantitative estimate of drug-likeness (QED) is 0.701. The molecule has 1 atom stereocenters. The number of allylic oxidation sites excluding steroid dienone is 2. The number of carboxylic acid groups (broad SMARTS) is 1. The number of aromatic nitrogens is 1. The third-order valence-electron chi connectivity index (χ3n) is 3.32. The van der Waals surface area contributed by atoms with E-state index in [-0.39, 0.29) is 11.7 Å². The highest BCUT2D eigenvalue weighted by Gasteiger charge is 2.11. The molecule has 2 rings (SSSR count). The first-order chi connectivity index (χ1) is 10.1. The van der Waals surface area contributed by atoms with Gasteiger partial charge in [0.15, 0.2) is 5.69 Å². The van der Waals surface area contributed by atoms with Crippen LogP contribution in [0.1, 0.15) is 34.8 Å². The molecule has 1 aromatic heterocycles. The number of urea groups is 1. The highest BCUT2D eigenvalue weighted by molar-refractivity contribution is 7.09. The monoisotopic (exact) mass is 309 g/mol. The lowest BCUT2D eigenvalue weighted by Gasteiger charge is -2.18. The third-order valence-corrected chi connectivity index (χ3v) is 4.23. The number of hydrogen-bond acceptors (Lipinski definition) is 4. The highest BCUT2D eigenvalue weighted by atomic mass is 32.1. The van der Waals surface area contributed by atoms with Gasteiger partial charge in [-0.15, -0.1) is 11.3 Å². The van der Waals surface area contributed by atoms with Crippen molar-refractivity contribution in [2.24, 2.45) is 5.92 Å². The number of amides is 2. The van der Waals surface area contributed by atoms with Crippen LogP contribution in [-0.4, -0.2) is 35.2 Å². The summed E-state index contributed by atoms with van der Waals surface area (Å²) in [5.74, 6) is -0.498. The van der Waals surface area contributed by atoms with E-state index in [1.54, 1.807) is 0 Å². The van der Waals surface area contributed by atoms with Crippen molar-refractivity contribution in [1.82, 2.24) is 15.6 Å². The maximum Gasteiger partial charge on any atom is 0.355 e. The minimum atomic E-state index is -1.02. The zero-order valence-corrected chi connectivity index (χ0v) is 12.5. The average Bonchev–Trinajstić information content (AvgIpc) is 2.95. The fourth-order valence-electron chi connectivity index (χ4n) is 2.15. The Bertz CT molecular complexity index is 527. The Labute approximate surface area is 127 Å². The smallest absolute Gasteiger partial charge is 0.355 e. The fraction of sp³-hybridized carbons (Fsp3) is 0.500. The van der Waals surface area contributed by atoms with Crippen molar-refractivity contribution >= 4 is 23.3 Å². The number of thiazole rings is 1. The van der Waals surface area contributed by atoms with Crippen molar-refractivity contribution in [3.8, 4) is 0 Å². The van der Waals surface area contributed by atoms with E-state index < -0.39 is 5.97 Å². The van der Waals surface area contributed by atoms with Gasteiger partial charge in [-0.2, -0.15) is 0 Å². The van der Waals surface area contributed by atoms with Gasteiger partial charge >= 0.3 is 12.0 Å². The van der Waals surface area contributed by atoms with Crippen molar-refractivity contribution < 1.29 is 14.7 Å². The summed E-state index contributed by atoms with van der Waals surface area (Å²) >= 11 is 1.29. The molecule has 0 spiro atoms. The number of hydrogen-bond donors (Lipinski definition) is 3. The van der Waals surface area contributed by atoms with Crippen molar-refractivity contribution in [1.29, 1.82) is 0 Å². The summed E-state index contributed by atoms with van der Waals surface area (Å²) in [5.41, 5.74) is 0.0600. The van der Waals surface area contributed by atoms with Crippen LogP contribution >= 0.6 is 11.3 Å². The summed E-state index contributed by atoms with van der Waals surface area (Å²) in [7, 11) is 0. The lowest BCUT2D eigenvalue weighted by molar-refractivity contribution is 0.0691. The van der Waals surface area contributed by atoms with Gasteiger partial charge in [0.05, 0.1) is 5.01 Å². The topological polar surface area (TPSA) is 91.3 Å². The van der Waals surface area contributed by atoms with Gasteiger partial charge in [-0.1, -0.05) is 12.2 Å². The van der Waals surface area contributed by atoms with Crippen LogP contribution in [0.25, 0.3) is 0 Å². The summed E-state index contributed by atoms with van der Waals surface area (Å²) in [4.78, 5) is 26.3. The molecule has 0 radical (unpaired) electrons. The first kappa shape index (κ1) is 15.5. The van der Waals surface area contributed by atoms with E-state index in [0.717, 1.165) is 19.3 Å². The van der Waals surface area contributed by atoms with E-state index in [2.05, 4.69) is 27.8 Å². The summed E-state index contributed by atoms with van der Waals surface area (Å²) in [6.45, 7) is 1.14. The predicted molar refractivity (Wildman–Crippen MR) is 80.7 cm³/mol. The number of aromatic carboxylic acids is 1. The molecule has 1 aromatic rings. The SMILES string of the molecule is O=C(NCCc1nc(C(=O)O)cs1)NCC1CC=CCC1. The van der Waals surface area contributed by atoms with Crippen molar-refractivity contribution in [3.05, 3.63) is 28.2 Å². The van der Waals surface area contributed by atoms with Crippen LogP contribution in [0.4, 0.5) is 4.79 Å². The summed E-state index contributed by atoms with van der Waals surface area (Å²) in [6.07, 6.45) is 8.11. The Hall–Kier alpha value is -1.89. The second kappa shape index (κ2) is 7.78. The lowest BCUT2D eigenvalue weighted by Crippen LogP contribution is -2.39. The van der Waals surface area contributed by atoms with E-state index in [4.69, 9.17) is 5.11 Å². The lowest BCUT2D eigenvalue weighted by atomic mass is 9.94. The molecule has 3 N–H and O–H groups in total. The van der Waals surface area contributed by atoms with E-state index in [9.17, 15) is 9.59 Å². The maximum atomic E-state index is 11.6. The molecule has 6 nitrogen and oxygen atoms in total. The van der Waals surface area contributed by atoms with Gasteiger partial charge in [0.25, 0.3) is 0 Å². The van der Waals surface area contributed by atoms with E-state index in [1.807, 2.05) is 0 Å². The van der Waals surface area contributed by atoms with Crippen LogP contribution in [0.15, 0.2) is 17.5 Å². The van der Waals surface area contributed by atoms with Crippen molar-refractivity contribution in [2.75, 3.05) is 13.1 Å². The standard InChI is InChI=1S/C14H19N3O3S/c18-13(19)11-9-21-12(17-11)6-7-15-14(20)16-8-10-4-2-1-3-5-10/h1-2,9-10H,3-8H2,(H,18,19)(H2,15,16,20). The molecular weight excluding hydrogens is 290 g/mol. The molecule has 1 heterocycles.